The Labute approximate surface area is 152 Å². The molecule has 142 valence electrons. The third-order valence-electron chi connectivity index (χ3n) is 4.82. The second-order valence-electron chi connectivity index (χ2n) is 6.96. The molecule has 0 bridgehead atoms. The van der Waals surface area contributed by atoms with Crippen LogP contribution in [0.2, 0.25) is 0 Å². The molecule has 0 spiro atoms. The Bertz CT molecular complexity index is 483. The van der Waals surface area contributed by atoms with Crippen LogP contribution < -0.4 is 10.8 Å². The maximum Gasteiger partial charge on any atom is 0.209 e. The van der Waals surface area contributed by atoms with Gasteiger partial charge in [-0.25, -0.2) is 9.48 Å². The van der Waals surface area contributed by atoms with Crippen LogP contribution in [0.5, 0.6) is 0 Å². The first-order valence-electron chi connectivity index (χ1n) is 9.75. The lowest BCUT2D eigenvalue weighted by atomic mass is 10.1. The predicted octanol–water partition coefficient (Wildman–Crippen LogP) is 3.22. The maximum absolute atomic E-state index is 11.1. The summed E-state index contributed by atoms with van der Waals surface area (Å²) in [6.45, 7) is 3.91. The van der Waals surface area contributed by atoms with E-state index in [1.54, 1.807) is 12.4 Å². The van der Waals surface area contributed by atoms with Gasteiger partial charge >= 0.3 is 0 Å². The van der Waals surface area contributed by atoms with Crippen molar-refractivity contribution in [1.82, 2.24) is 0 Å². The van der Waals surface area contributed by atoms with Crippen molar-refractivity contribution in [2.45, 2.75) is 84.2 Å². The minimum Gasteiger partial charge on any atom is -0.544 e. The van der Waals surface area contributed by atoms with Crippen molar-refractivity contribution in [3.63, 3.8) is 0 Å². The van der Waals surface area contributed by atoms with E-state index in [2.05, 4.69) is 24.1 Å². The van der Waals surface area contributed by atoms with Crippen LogP contribution in [0.3, 0.4) is 0 Å². The van der Waals surface area contributed by atoms with E-state index in [9.17, 15) is 9.90 Å². The molecule has 0 aromatic carbocycles. The monoisotopic (exact) mass is 349 g/mol. The number of amidine groups is 1. The van der Waals surface area contributed by atoms with E-state index in [1.807, 2.05) is 6.92 Å². The van der Waals surface area contributed by atoms with Crippen molar-refractivity contribution in [3.8, 4) is 0 Å². The number of rotatable bonds is 14. The number of quaternary nitrogens is 1. The van der Waals surface area contributed by atoms with E-state index >= 15 is 0 Å². The highest BCUT2D eigenvalue weighted by atomic mass is 16.4. The Morgan fingerprint density at radius 2 is 1.84 bits per heavy atom. The van der Waals surface area contributed by atoms with E-state index < -0.39 is 5.97 Å². The molecule has 25 heavy (non-hydrogen) atoms. The molecule has 0 aliphatic carbocycles. The van der Waals surface area contributed by atoms with Gasteiger partial charge in [0.15, 0.2) is 0 Å². The first-order valence-corrected chi connectivity index (χ1v) is 9.75. The lowest BCUT2D eigenvalue weighted by Gasteiger charge is -2.36. The molecular formula is C20H35N3O2. The Kier molecular flexibility index (Phi) is 10.3. The molecule has 2 atom stereocenters. The quantitative estimate of drug-likeness (QED) is 0.297. The number of aliphatic imine (C=N–C) groups is 1. The van der Waals surface area contributed by atoms with E-state index in [-0.39, 0.29) is 17.2 Å². The minimum absolute atomic E-state index is 0.0972. The first kappa shape index (κ1) is 21.6. The minimum atomic E-state index is -1.10. The molecule has 0 fully saturated rings. The molecule has 0 saturated carbocycles. The average Bonchev–Trinajstić information content (AvgIpc) is 2.96. The molecule has 1 aliphatic heterocycles. The highest BCUT2D eigenvalue weighted by Crippen LogP contribution is 2.23. The van der Waals surface area contributed by atoms with Crippen LogP contribution in [0.25, 0.3) is 0 Å². The molecule has 0 aromatic rings. The molecule has 0 saturated heterocycles. The van der Waals surface area contributed by atoms with Crippen LogP contribution >= 0.6 is 0 Å². The lowest BCUT2D eigenvalue weighted by molar-refractivity contribution is -0.808. The summed E-state index contributed by atoms with van der Waals surface area (Å²) in [6, 6.07) is 0. The number of carboxylic acid groups (broad SMARTS) is 1. The number of unbranched alkanes of at least 4 members (excludes halogenated alkanes) is 7. The molecule has 2 N–H and O–H groups in total. The molecular weight excluding hydrogens is 314 g/mol. The van der Waals surface area contributed by atoms with Gasteiger partial charge in [-0.1, -0.05) is 44.8 Å². The standard InChI is InChI=1S/C20H35N3O2/c1-3-4-5-6-7-8-9-10-11-12-13-14-19-22-15-16-23(19,18(2)21)17-20(24)25/h8-9,15-16,18H,3-7,10-14,17,21H2,1-2H3/b9-8+. The zero-order chi connectivity index (χ0) is 18.5. The van der Waals surface area contributed by atoms with Gasteiger partial charge < -0.3 is 9.90 Å². The van der Waals surface area contributed by atoms with Crippen molar-refractivity contribution < 1.29 is 14.4 Å². The van der Waals surface area contributed by atoms with Gasteiger partial charge in [0, 0.05) is 13.3 Å². The summed E-state index contributed by atoms with van der Waals surface area (Å²) in [7, 11) is 0. The number of carboxylic acids is 1. The fourth-order valence-electron chi connectivity index (χ4n) is 3.22. The molecule has 1 rings (SSSR count). The highest BCUT2D eigenvalue weighted by molar-refractivity contribution is 5.81. The molecule has 0 aromatic heterocycles. The SMILES string of the molecule is CCCCCC/C=C/CCCCCC1=NC=C[N+]1(CC(=O)[O-])C(C)N. The van der Waals surface area contributed by atoms with Crippen molar-refractivity contribution in [1.29, 1.82) is 0 Å². The number of allylic oxidation sites excluding steroid dienone is 2. The number of aliphatic carboxylic acids is 1. The average molecular weight is 350 g/mol. The Hall–Kier alpha value is -1.46. The Balaban J connectivity index is 2.23. The molecule has 5 heteroatoms. The van der Waals surface area contributed by atoms with Crippen molar-refractivity contribution in [2.24, 2.45) is 10.7 Å². The maximum atomic E-state index is 11.1. The second-order valence-corrected chi connectivity index (χ2v) is 6.96. The van der Waals surface area contributed by atoms with Crippen LogP contribution in [0, 0.1) is 0 Å². The van der Waals surface area contributed by atoms with Gasteiger partial charge in [-0.3, -0.25) is 5.73 Å². The fourth-order valence-corrected chi connectivity index (χ4v) is 3.22. The van der Waals surface area contributed by atoms with Gasteiger partial charge in [-0.2, -0.15) is 0 Å². The van der Waals surface area contributed by atoms with Gasteiger partial charge in [0.1, 0.15) is 18.9 Å². The smallest absolute Gasteiger partial charge is 0.209 e. The number of hydrogen-bond acceptors (Lipinski definition) is 4. The van der Waals surface area contributed by atoms with Crippen molar-refractivity contribution in [3.05, 3.63) is 24.6 Å². The zero-order valence-electron chi connectivity index (χ0n) is 16.0. The van der Waals surface area contributed by atoms with Crippen molar-refractivity contribution >= 4 is 11.8 Å². The Morgan fingerprint density at radius 3 is 2.40 bits per heavy atom. The first-order chi connectivity index (χ1) is 12.0. The summed E-state index contributed by atoms with van der Waals surface area (Å²) in [5, 5.41) is 11.1. The van der Waals surface area contributed by atoms with Gasteiger partial charge in [0.2, 0.25) is 5.84 Å². The molecule has 2 unspecified atom stereocenters. The highest BCUT2D eigenvalue weighted by Gasteiger charge is 2.38. The molecule has 1 heterocycles. The normalized spacial score (nSPS) is 21.0. The largest absolute Gasteiger partial charge is 0.544 e. The molecule has 5 nitrogen and oxygen atoms in total. The van der Waals surface area contributed by atoms with Gasteiger partial charge in [-0.05, 0) is 32.1 Å². The van der Waals surface area contributed by atoms with E-state index in [4.69, 9.17) is 5.73 Å². The summed E-state index contributed by atoms with van der Waals surface area (Å²) < 4.78 is 0.0972. The van der Waals surface area contributed by atoms with E-state index in [0.717, 1.165) is 37.9 Å². The molecule has 0 radical (unpaired) electrons. The second kappa shape index (κ2) is 12.0. The fraction of sp³-hybridized carbons (Fsp3) is 0.700. The summed E-state index contributed by atoms with van der Waals surface area (Å²) >= 11 is 0. The number of hydrogen-bond donors (Lipinski definition) is 1. The summed E-state index contributed by atoms with van der Waals surface area (Å²) in [4.78, 5) is 15.5. The number of carbonyl (C=O) groups excluding carboxylic acids is 1. The number of nitrogens with two attached hydrogens (primary N) is 1. The summed E-state index contributed by atoms with van der Waals surface area (Å²) in [5.41, 5.74) is 6.04. The third kappa shape index (κ3) is 7.53. The van der Waals surface area contributed by atoms with E-state index in [0.29, 0.717) is 0 Å². The Morgan fingerprint density at radius 1 is 1.20 bits per heavy atom. The molecule has 0 amide bonds. The van der Waals surface area contributed by atoms with E-state index in [1.165, 1.54) is 32.1 Å². The molecule has 1 aliphatic rings. The topological polar surface area (TPSA) is 78.5 Å². The van der Waals surface area contributed by atoms with Gasteiger partial charge in [-0.15, -0.1) is 0 Å². The van der Waals surface area contributed by atoms with Crippen molar-refractivity contribution in [2.75, 3.05) is 6.54 Å². The number of carbonyl (C=O) groups is 1. The van der Waals surface area contributed by atoms with Crippen LogP contribution in [0.4, 0.5) is 0 Å². The van der Waals surface area contributed by atoms with Gasteiger partial charge in [0.25, 0.3) is 0 Å². The third-order valence-corrected chi connectivity index (χ3v) is 4.82. The predicted molar refractivity (Wildman–Crippen MR) is 101 cm³/mol. The van der Waals surface area contributed by atoms with Gasteiger partial charge in [0.05, 0.1) is 12.2 Å². The summed E-state index contributed by atoms with van der Waals surface area (Å²) in [6.07, 6.45) is 19.3. The van der Waals surface area contributed by atoms with Crippen LogP contribution in [-0.2, 0) is 4.79 Å². The van der Waals surface area contributed by atoms with Crippen LogP contribution in [0.1, 0.15) is 78.1 Å². The lowest BCUT2D eigenvalue weighted by Crippen LogP contribution is -2.60. The zero-order valence-corrected chi connectivity index (χ0v) is 16.0. The number of nitrogens with zero attached hydrogens (tertiary/aromatic N) is 2. The van der Waals surface area contributed by atoms with Crippen LogP contribution in [0.15, 0.2) is 29.5 Å². The van der Waals surface area contributed by atoms with Crippen LogP contribution in [-0.4, -0.2) is 29.0 Å². The summed E-state index contributed by atoms with van der Waals surface area (Å²) in [5.74, 6) is -0.258.